The first-order valence-electron chi connectivity index (χ1n) is 5.93. The molecule has 0 saturated heterocycles. The monoisotopic (exact) mass is 312 g/mol. The number of nitrogens with one attached hydrogen (secondary N) is 1. The van der Waals surface area contributed by atoms with Gasteiger partial charge in [-0.25, -0.2) is 4.39 Å². The van der Waals surface area contributed by atoms with Crippen molar-refractivity contribution in [2.75, 3.05) is 0 Å². The zero-order valence-corrected chi connectivity index (χ0v) is 12.3. The Kier molecular flexibility index (Phi) is 5.99. The lowest BCUT2D eigenvalue weighted by Crippen LogP contribution is -2.10. The summed E-state index contributed by atoms with van der Waals surface area (Å²) >= 11 is 5.66. The van der Waals surface area contributed by atoms with Crippen LogP contribution in [0.2, 0.25) is 5.02 Å². The van der Waals surface area contributed by atoms with Crippen LogP contribution in [0.15, 0.2) is 42.5 Å². The minimum Gasteiger partial charge on any atom is -0.388 e. The van der Waals surface area contributed by atoms with Crippen LogP contribution in [0.25, 0.3) is 11.1 Å². The molecule has 0 aromatic heterocycles. The largest absolute Gasteiger partial charge is 0.388 e. The lowest BCUT2D eigenvalue weighted by molar-refractivity contribution is 0.629. The number of hydrogen-bond acceptors (Lipinski definition) is 1. The van der Waals surface area contributed by atoms with Gasteiger partial charge in [0.2, 0.25) is 0 Å². The van der Waals surface area contributed by atoms with Crippen molar-refractivity contribution in [3.8, 4) is 11.1 Å². The molecule has 0 aliphatic rings. The maximum atomic E-state index is 13.4. The zero-order valence-electron chi connectivity index (χ0n) is 10.7. The molecular weight excluding hydrogens is 298 g/mol. The normalized spacial score (nSPS) is 9.90. The number of benzene rings is 2. The van der Waals surface area contributed by atoms with E-state index in [0.717, 1.165) is 23.1 Å². The van der Waals surface area contributed by atoms with Crippen molar-refractivity contribution >= 4 is 29.8 Å². The molecular formula is C15H15Cl2FN2. The van der Waals surface area contributed by atoms with E-state index >= 15 is 0 Å². The van der Waals surface area contributed by atoms with Crippen LogP contribution in [0, 0.1) is 11.2 Å². The van der Waals surface area contributed by atoms with Crippen molar-refractivity contribution in [1.29, 1.82) is 5.41 Å². The smallest absolute Gasteiger partial charge is 0.142 e. The second kappa shape index (κ2) is 7.27. The lowest BCUT2D eigenvalue weighted by Gasteiger charge is -2.05. The number of halogens is 3. The van der Waals surface area contributed by atoms with Gasteiger partial charge in [0.25, 0.3) is 0 Å². The third kappa shape index (κ3) is 4.22. The van der Waals surface area contributed by atoms with Gasteiger partial charge >= 0.3 is 0 Å². The predicted octanol–water partition coefficient (Wildman–Crippen LogP) is 4.44. The molecule has 0 aliphatic carbocycles. The van der Waals surface area contributed by atoms with Crippen LogP contribution in [0.5, 0.6) is 0 Å². The summed E-state index contributed by atoms with van der Waals surface area (Å²) in [6, 6.07) is 12.5. The van der Waals surface area contributed by atoms with Crippen molar-refractivity contribution in [3.05, 3.63) is 58.9 Å². The molecule has 0 bridgehead atoms. The van der Waals surface area contributed by atoms with E-state index in [1.165, 1.54) is 6.07 Å². The molecule has 0 spiro atoms. The quantitative estimate of drug-likeness (QED) is 0.636. The van der Waals surface area contributed by atoms with Gasteiger partial charge in [-0.1, -0.05) is 41.9 Å². The number of hydrogen-bond donors (Lipinski definition) is 2. The summed E-state index contributed by atoms with van der Waals surface area (Å²) in [6.07, 6.45) is 1.29. The highest BCUT2D eigenvalue weighted by molar-refractivity contribution is 6.30. The summed E-state index contributed by atoms with van der Waals surface area (Å²) in [6.45, 7) is 0. The van der Waals surface area contributed by atoms with Gasteiger partial charge in [-0.3, -0.25) is 5.41 Å². The summed E-state index contributed by atoms with van der Waals surface area (Å²) in [7, 11) is 0. The van der Waals surface area contributed by atoms with Crippen molar-refractivity contribution in [2.24, 2.45) is 5.73 Å². The molecule has 0 amide bonds. The number of aryl methyl sites for hydroxylation is 1. The first-order valence-corrected chi connectivity index (χ1v) is 6.31. The Bertz CT molecular complexity index is 597. The van der Waals surface area contributed by atoms with Crippen molar-refractivity contribution < 1.29 is 4.39 Å². The van der Waals surface area contributed by atoms with E-state index in [0.29, 0.717) is 6.42 Å². The number of nitrogens with two attached hydrogens (primary N) is 1. The van der Waals surface area contributed by atoms with Crippen LogP contribution in [0.1, 0.15) is 12.0 Å². The fourth-order valence-electron chi connectivity index (χ4n) is 1.82. The molecule has 2 nitrogen and oxygen atoms in total. The molecule has 0 aliphatic heterocycles. The second-order valence-electron chi connectivity index (χ2n) is 4.35. The highest BCUT2D eigenvalue weighted by atomic mass is 35.5. The fourth-order valence-corrected chi connectivity index (χ4v) is 1.94. The molecule has 0 heterocycles. The van der Waals surface area contributed by atoms with Crippen molar-refractivity contribution in [1.82, 2.24) is 0 Å². The molecule has 0 saturated carbocycles. The summed E-state index contributed by atoms with van der Waals surface area (Å²) in [5.41, 5.74) is 8.15. The van der Waals surface area contributed by atoms with Gasteiger partial charge in [0.15, 0.2) is 0 Å². The average Bonchev–Trinajstić information content (AvgIpc) is 2.40. The van der Waals surface area contributed by atoms with Gasteiger partial charge in [-0.15, -0.1) is 12.4 Å². The Morgan fingerprint density at radius 1 is 1.10 bits per heavy atom. The third-order valence-corrected chi connectivity index (χ3v) is 3.20. The Hall–Kier alpha value is -1.58. The Morgan fingerprint density at radius 3 is 2.25 bits per heavy atom. The van der Waals surface area contributed by atoms with Crippen LogP contribution in [-0.4, -0.2) is 5.84 Å². The lowest BCUT2D eigenvalue weighted by atomic mass is 10.0. The van der Waals surface area contributed by atoms with E-state index < -0.39 is 5.82 Å². The fraction of sp³-hybridized carbons (Fsp3) is 0.133. The van der Waals surface area contributed by atoms with E-state index in [2.05, 4.69) is 0 Å². The topological polar surface area (TPSA) is 49.9 Å². The molecule has 5 heteroatoms. The van der Waals surface area contributed by atoms with Crippen LogP contribution in [0.3, 0.4) is 0 Å². The molecule has 20 heavy (non-hydrogen) atoms. The molecule has 2 rings (SSSR count). The number of rotatable bonds is 4. The van der Waals surface area contributed by atoms with E-state index in [9.17, 15) is 4.39 Å². The molecule has 106 valence electrons. The van der Waals surface area contributed by atoms with Gasteiger partial charge in [-0.2, -0.15) is 0 Å². The summed E-state index contributed by atoms with van der Waals surface area (Å²) in [5.74, 6) is -0.233. The molecule has 0 unspecified atom stereocenters. The van der Waals surface area contributed by atoms with E-state index in [-0.39, 0.29) is 23.3 Å². The maximum Gasteiger partial charge on any atom is 0.142 e. The van der Waals surface area contributed by atoms with Gasteiger partial charge in [0.05, 0.1) is 10.9 Å². The summed E-state index contributed by atoms with van der Waals surface area (Å²) in [5, 5.41) is 7.31. The van der Waals surface area contributed by atoms with E-state index in [4.69, 9.17) is 22.7 Å². The molecule has 0 radical (unpaired) electrons. The van der Waals surface area contributed by atoms with E-state index in [1.807, 2.05) is 24.3 Å². The van der Waals surface area contributed by atoms with Crippen LogP contribution < -0.4 is 5.73 Å². The Morgan fingerprint density at radius 2 is 1.70 bits per heavy atom. The first kappa shape index (κ1) is 16.5. The van der Waals surface area contributed by atoms with Crippen molar-refractivity contribution in [3.63, 3.8) is 0 Å². The first-order chi connectivity index (χ1) is 9.06. The Labute approximate surface area is 128 Å². The molecule has 0 atom stereocenters. The van der Waals surface area contributed by atoms with Gasteiger partial charge < -0.3 is 5.73 Å². The minimum atomic E-state index is -0.417. The molecule has 3 N–H and O–H groups in total. The minimum absolute atomic E-state index is 0. The van der Waals surface area contributed by atoms with Crippen LogP contribution >= 0.6 is 24.0 Å². The zero-order chi connectivity index (χ0) is 13.8. The highest BCUT2D eigenvalue weighted by Gasteiger charge is 2.03. The summed E-state index contributed by atoms with van der Waals surface area (Å²) < 4.78 is 13.4. The molecule has 2 aromatic rings. The number of amidine groups is 1. The second-order valence-corrected chi connectivity index (χ2v) is 4.76. The SMILES string of the molecule is Cl.N=C(N)CCc1ccc(-c2ccc(Cl)c(F)c2)cc1. The van der Waals surface area contributed by atoms with Gasteiger partial charge in [-0.05, 0) is 35.2 Å². The van der Waals surface area contributed by atoms with Crippen LogP contribution in [-0.2, 0) is 6.42 Å². The van der Waals surface area contributed by atoms with E-state index in [1.54, 1.807) is 12.1 Å². The predicted molar refractivity (Wildman–Crippen MR) is 84.3 cm³/mol. The molecule has 0 fully saturated rings. The maximum absolute atomic E-state index is 13.4. The highest BCUT2D eigenvalue weighted by Crippen LogP contribution is 2.24. The van der Waals surface area contributed by atoms with Crippen LogP contribution in [0.4, 0.5) is 4.39 Å². The Balaban J connectivity index is 0.00000200. The standard InChI is InChI=1S/C15H14ClFN2.ClH/c16-13-7-6-12(9-14(13)17)11-4-1-10(2-5-11)3-8-15(18)19;/h1-2,4-7,9H,3,8H2,(H3,18,19);1H. The summed E-state index contributed by atoms with van der Waals surface area (Å²) in [4.78, 5) is 0. The van der Waals surface area contributed by atoms with Crippen molar-refractivity contribution in [2.45, 2.75) is 12.8 Å². The van der Waals surface area contributed by atoms with Gasteiger partial charge in [0, 0.05) is 6.42 Å². The third-order valence-electron chi connectivity index (χ3n) is 2.89. The van der Waals surface area contributed by atoms with Gasteiger partial charge in [0.1, 0.15) is 5.82 Å². The average molecular weight is 313 g/mol. The molecule has 2 aromatic carbocycles.